The number of halogens is 6. The predicted molar refractivity (Wildman–Crippen MR) is 90.3 cm³/mol. The third-order valence-corrected chi connectivity index (χ3v) is 4.53. The van der Waals surface area contributed by atoms with Gasteiger partial charge in [0.05, 0.1) is 10.0 Å². The highest BCUT2D eigenvalue weighted by Crippen LogP contribution is 2.46. The first-order valence-electron chi connectivity index (χ1n) is 7.62. The van der Waals surface area contributed by atoms with E-state index in [9.17, 15) is 17.6 Å². The fourth-order valence-corrected chi connectivity index (χ4v) is 3.54. The third-order valence-electron chi connectivity index (χ3n) is 3.93. The SMILES string of the molecule is NC[C@H]1CCc2cc(F)cc(-c3c(Cl)cc(OC(F)(F)F)cc3Cl)c2O1. The molecule has 0 saturated carbocycles. The van der Waals surface area contributed by atoms with Gasteiger partial charge in [-0.15, -0.1) is 13.2 Å². The van der Waals surface area contributed by atoms with Gasteiger partial charge in [0.25, 0.3) is 0 Å². The van der Waals surface area contributed by atoms with Crippen LogP contribution in [0.3, 0.4) is 0 Å². The van der Waals surface area contributed by atoms with Crippen LogP contribution >= 0.6 is 23.2 Å². The van der Waals surface area contributed by atoms with E-state index >= 15 is 0 Å². The van der Waals surface area contributed by atoms with Gasteiger partial charge in [-0.3, -0.25) is 0 Å². The Bertz CT molecular complexity index is 819. The molecule has 140 valence electrons. The molecule has 9 heteroatoms. The minimum atomic E-state index is -4.89. The van der Waals surface area contributed by atoms with Crippen LogP contribution in [0.4, 0.5) is 17.6 Å². The number of hydrogen-bond acceptors (Lipinski definition) is 3. The van der Waals surface area contributed by atoms with Gasteiger partial charge < -0.3 is 15.2 Å². The standard InChI is InChI=1S/C17H13Cl2F4NO2/c18-13-5-11(26-17(21,22)23)6-14(19)15(13)12-4-9(20)3-8-1-2-10(7-24)25-16(8)12/h3-6,10H,1-2,7,24H2/t10-/m1/s1. The Morgan fingerprint density at radius 1 is 1.15 bits per heavy atom. The van der Waals surface area contributed by atoms with E-state index in [1.807, 2.05) is 0 Å². The van der Waals surface area contributed by atoms with Gasteiger partial charge in [0.1, 0.15) is 23.4 Å². The molecule has 0 radical (unpaired) electrons. The van der Waals surface area contributed by atoms with Crippen LogP contribution in [0.5, 0.6) is 11.5 Å². The second-order valence-corrected chi connectivity index (χ2v) is 6.58. The molecule has 0 unspecified atom stereocenters. The monoisotopic (exact) mass is 409 g/mol. The van der Waals surface area contributed by atoms with Gasteiger partial charge in [-0.2, -0.15) is 0 Å². The number of nitrogens with two attached hydrogens (primary N) is 1. The Kier molecular flexibility index (Phi) is 5.23. The number of alkyl halides is 3. The quantitative estimate of drug-likeness (QED) is 0.694. The average molecular weight is 410 g/mol. The number of hydrogen-bond donors (Lipinski definition) is 1. The molecule has 2 aromatic rings. The molecule has 1 aliphatic rings. The van der Waals surface area contributed by atoms with Crippen LogP contribution in [0, 0.1) is 5.82 Å². The molecule has 2 N–H and O–H groups in total. The highest BCUT2D eigenvalue weighted by Gasteiger charge is 2.32. The van der Waals surface area contributed by atoms with E-state index in [-0.39, 0.29) is 33.8 Å². The van der Waals surface area contributed by atoms with Gasteiger partial charge in [0, 0.05) is 17.7 Å². The number of aryl methyl sites for hydroxylation is 1. The lowest BCUT2D eigenvalue weighted by atomic mass is 9.95. The van der Waals surface area contributed by atoms with Crippen molar-refractivity contribution in [1.82, 2.24) is 0 Å². The molecule has 0 fully saturated rings. The van der Waals surface area contributed by atoms with Gasteiger partial charge in [-0.25, -0.2) is 4.39 Å². The number of benzene rings is 2. The van der Waals surface area contributed by atoms with Crippen molar-refractivity contribution < 1.29 is 27.0 Å². The van der Waals surface area contributed by atoms with Crippen LogP contribution in [0.2, 0.25) is 10.0 Å². The average Bonchev–Trinajstić information content (AvgIpc) is 2.52. The van der Waals surface area contributed by atoms with Crippen molar-refractivity contribution >= 4 is 23.2 Å². The zero-order valence-electron chi connectivity index (χ0n) is 13.2. The molecule has 26 heavy (non-hydrogen) atoms. The lowest BCUT2D eigenvalue weighted by Crippen LogP contribution is -2.30. The van der Waals surface area contributed by atoms with Gasteiger partial charge in [0.15, 0.2) is 0 Å². The summed E-state index contributed by atoms with van der Waals surface area (Å²) in [6, 6.07) is 4.46. The summed E-state index contributed by atoms with van der Waals surface area (Å²) in [5, 5.41) is -0.244. The molecule has 1 heterocycles. The second-order valence-electron chi connectivity index (χ2n) is 5.77. The van der Waals surface area contributed by atoms with Crippen molar-refractivity contribution in [2.45, 2.75) is 25.3 Å². The van der Waals surface area contributed by atoms with Crippen LogP contribution < -0.4 is 15.2 Å². The maximum Gasteiger partial charge on any atom is 0.573 e. The van der Waals surface area contributed by atoms with Crippen molar-refractivity contribution in [3.8, 4) is 22.6 Å². The maximum absolute atomic E-state index is 14.0. The molecular formula is C17H13Cl2F4NO2. The summed E-state index contributed by atoms with van der Waals surface area (Å²) < 4.78 is 60.9. The minimum Gasteiger partial charge on any atom is -0.488 e. The smallest absolute Gasteiger partial charge is 0.488 e. The largest absolute Gasteiger partial charge is 0.573 e. The van der Waals surface area contributed by atoms with Gasteiger partial charge >= 0.3 is 6.36 Å². The van der Waals surface area contributed by atoms with E-state index < -0.39 is 17.9 Å². The second kappa shape index (κ2) is 7.13. The first-order valence-corrected chi connectivity index (χ1v) is 8.38. The summed E-state index contributed by atoms with van der Waals surface area (Å²) in [5.74, 6) is -0.722. The Morgan fingerprint density at radius 3 is 2.38 bits per heavy atom. The summed E-state index contributed by atoms with van der Waals surface area (Å²) >= 11 is 12.3. The summed E-state index contributed by atoms with van der Waals surface area (Å²) in [4.78, 5) is 0. The van der Waals surface area contributed by atoms with Gasteiger partial charge in [-0.1, -0.05) is 23.2 Å². The van der Waals surface area contributed by atoms with Crippen molar-refractivity contribution in [1.29, 1.82) is 0 Å². The van der Waals surface area contributed by atoms with E-state index in [1.54, 1.807) is 0 Å². The van der Waals surface area contributed by atoms with Crippen molar-refractivity contribution in [3.05, 3.63) is 45.7 Å². The van der Waals surface area contributed by atoms with E-state index in [0.29, 0.717) is 24.2 Å². The Hall–Kier alpha value is -1.70. The maximum atomic E-state index is 14.0. The molecule has 0 bridgehead atoms. The van der Waals surface area contributed by atoms with E-state index in [0.717, 1.165) is 12.1 Å². The van der Waals surface area contributed by atoms with Crippen molar-refractivity contribution in [3.63, 3.8) is 0 Å². The van der Waals surface area contributed by atoms with Crippen LogP contribution in [0.1, 0.15) is 12.0 Å². The fraction of sp³-hybridized carbons (Fsp3) is 0.294. The zero-order chi connectivity index (χ0) is 19.1. The van der Waals surface area contributed by atoms with Gasteiger partial charge in [-0.05, 0) is 42.7 Å². The lowest BCUT2D eigenvalue weighted by molar-refractivity contribution is -0.274. The molecule has 0 saturated heterocycles. The highest BCUT2D eigenvalue weighted by atomic mass is 35.5. The normalized spacial score (nSPS) is 16.8. The van der Waals surface area contributed by atoms with Crippen molar-refractivity contribution in [2.24, 2.45) is 5.73 Å². The molecule has 0 aliphatic carbocycles. The predicted octanol–water partition coefficient (Wildman–Crippen LogP) is 5.35. The zero-order valence-corrected chi connectivity index (χ0v) is 14.7. The summed E-state index contributed by atoms with van der Waals surface area (Å²) in [6.45, 7) is 0.274. The first-order chi connectivity index (χ1) is 12.2. The molecule has 1 aliphatic heterocycles. The van der Waals surface area contributed by atoms with E-state index in [1.165, 1.54) is 12.1 Å². The van der Waals surface area contributed by atoms with Crippen LogP contribution in [0.25, 0.3) is 11.1 Å². The Morgan fingerprint density at radius 2 is 1.81 bits per heavy atom. The molecule has 3 rings (SSSR count). The summed E-state index contributed by atoms with van der Waals surface area (Å²) in [5.41, 5.74) is 6.68. The van der Waals surface area contributed by atoms with E-state index in [4.69, 9.17) is 33.7 Å². The Labute approximate surface area is 156 Å². The number of rotatable bonds is 3. The lowest BCUT2D eigenvalue weighted by Gasteiger charge is -2.28. The topological polar surface area (TPSA) is 44.5 Å². The molecule has 0 aromatic heterocycles. The molecule has 2 aromatic carbocycles. The molecule has 1 atom stereocenters. The molecule has 0 spiro atoms. The first kappa shape index (κ1) is 19.1. The van der Waals surface area contributed by atoms with Crippen LogP contribution in [-0.2, 0) is 6.42 Å². The number of fused-ring (bicyclic) bond motifs is 1. The highest BCUT2D eigenvalue weighted by molar-refractivity contribution is 6.39. The minimum absolute atomic E-state index is 0.122. The summed E-state index contributed by atoms with van der Waals surface area (Å²) in [6.07, 6.45) is -3.96. The summed E-state index contributed by atoms with van der Waals surface area (Å²) in [7, 11) is 0. The number of ether oxygens (including phenoxy) is 2. The van der Waals surface area contributed by atoms with E-state index in [2.05, 4.69) is 4.74 Å². The third kappa shape index (κ3) is 4.00. The van der Waals surface area contributed by atoms with Crippen LogP contribution in [0.15, 0.2) is 24.3 Å². The van der Waals surface area contributed by atoms with Crippen LogP contribution in [-0.4, -0.2) is 19.0 Å². The molecule has 0 amide bonds. The molecule has 3 nitrogen and oxygen atoms in total. The fourth-order valence-electron chi connectivity index (χ4n) is 2.87. The molecular weight excluding hydrogens is 397 g/mol. The van der Waals surface area contributed by atoms with Gasteiger partial charge in [0.2, 0.25) is 0 Å². The van der Waals surface area contributed by atoms with Crippen molar-refractivity contribution in [2.75, 3.05) is 6.54 Å². The Balaban J connectivity index is 2.11.